The maximum Gasteiger partial charge on any atom is 0.274 e. The molecule has 1 amide bonds. The molecular weight excluding hydrogens is 370 g/mol. The Labute approximate surface area is 172 Å². The lowest BCUT2D eigenvalue weighted by molar-refractivity contribution is 0.0908. The fourth-order valence-electron chi connectivity index (χ4n) is 5.19. The molecule has 1 aromatic heterocycles. The van der Waals surface area contributed by atoms with E-state index in [2.05, 4.69) is 35.5 Å². The molecule has 0 spiro atoms. The lowest BCUT2D eigenvalue weighted by Gasteiger charge is -2.42. The SMILES string of the molecule is Cc1nc(OC2CCNCC2)sc1C(=O)NCC1(C)CC(C)C=C2CC(C2)C1. The monoisotopic (exact) mass is 403 g/mol. The highest BCUT2D eigenvalue weighted by atomic mass is 32.1. The average molecular weight is 404 g/mol. The Morgan fingerprint density at radius 3 is 2.86 bits per heavy atom. The molecule has 4 aliphatic rings. The summed E-state index contributed by atoms with van der Waals surface area (Å²) in [6.07, 6.45) is 9.53. The van der Waals surface area contributed by atoms with Crippen LogP contribution in [0.2, 0.25) is 0 Å². The third kappa shape index (κ3) is 4.60. The number of aromatic nitrogens is 1. The van der Waals surface area contributed by atoms with E-state index in [1.807, 2.05) is 6.92 Å². The number of allylic oxidation sites excluding steroid dienone is 2. The Morgan fingerprint density at radius 2 is 2.11 bits per heavy atom. The molecule has 2 N–H and O–H groups in total. The van der Waals surface area contributed by atoms with E-state index in [-0.39, 0.29) is 17.4 Å². The highest BCUT2D eigenvalue weighted by Gasteiger charge is 2.37. The molecule has 2 bridgehead atoms. The van der Waals surface area contributed by atoms with Crippen LogP contribution in [0.15, 0.2) is 11.6 Å². The van der Waals surface area contributed by atoms with Crippen molar-refractivity contribution in [2.45, 2.75) is 65.4 Å². The Morgan fingerprint density at radius 1 is 1.36 bits per heavy atom. The van der Waals surface area contributed by atoms with Crippen LogP contribution in [0.25, 0.3) is 0 Å². The minimum absolute atomic E-state index is 0.00376. The molecular formula is C22H33N3O2S. The third-order valence-electron chi connectivity index (χ3n) is 6.43. The number of hydrogen-bond acceptors (Lipinski definition) is 5. The first kappa shape index (κ1) is 19.9. The minimum Gasteiger partial charge on any atom is -0.467 e. The first-order chi connectivity index (χ1) is 13.4. The normalized spacial score (nSPS) is 30.6. The van der Waals surface area contributed by atoms with Crippen molar-refractivity contribution >= 4 is 17.2 Å². The number of hydrogen-bond donors (Lipinski definition) is 2. The first-order valence-electron chi connectivity index (χ1n) is 10.7. The largest absolute Gasteiger partial charge is 0.467 e. The number of nitrogens with zero attached hydrogens (tertiary/aromatic N) is 1. The highest BCUT2D eigenvalue weighted by Crippen LogP contribution is 2.46. The van der Waals surface area contributed by atoms with Gasteiger partial charge in [0.1, 0.15) is 11.0 Å². The molecule has 5 nitrogen and oxygen atoms in total. The van der Waals surface area contributed by atoms with Crippen molar-refractivity contribution in [3.8, 4) is 5.19 Å². The number of fused-ring (bicyclic) bond motifs is 4. The fourth-order valence-corrected chi connectivity index (χ4v) is 6.09. The molecule has 2 atom stereocenters. The van der Waals surface area contributed by atoms with Crippen LogP contribution in [0.3, 0.4) is 0 Å². The summed E-state index contributed by atoms with van der Waals surface area (Å²) in [7, 11) is 0. The van der Waals surface area contributed by atoms with Gasteiger partial charge in [-0.1, -0.05) is 36.8 Å². The summed E-state index contributed by atoms with van der Waals surface area (Å²) in [6.45, 7) is 9.25. The summed E-state index contributed by atoms with van der Waals surface area (Å²) < 4.78 is 6.03. The van der Waals surface area contributed by atoms with Crippen LogP contribution in [0.1, 0.15) is 67.7 Å². The van der Waals surface area contributed by atoms with Crippen molar-refractivity contribution in [2.75, 3.05) is 19.6 Å². The van der Waals surface area contributed by atoms with Gasteiger partial charge >= 0.3 is 0 Å². The van der Waals surface area contributed by atoms with Gasteiger partial charge in [0.2, 0.25) is 0 Å². The van der Waals surface area contributed by atoms with Crippen molar-refractivity contribution in [1.82, 2.24) is 15.6 Å². The van der Waals surface area contributed by atoms with Crippen molar-refractivity contribution in [3.63, 3.8) is 0 Å². The second kappa shape index (κ2) is 8.15. The molecule has 1 aliphatic heterocycles. The Bertz CT molecular complexity index is 745. The minimum atomic E-state index is -0.00376. The molecule has 28 heavy (non-hydrogen) atoms. The zero-order chi connectivity index (χ0) is 19.7. The number of carbonyl (C=O) groups excluding carboxylic acids is 1. The highest BCUT2D eigenvalue weighted by molar-refractivity contribution is 7.15. The Hall–Kier alpha value is -1.40. The van der Waals surface area contributed by atoms with Crippen molar-refractivity contribution in [2.24, 2.45) is 17.3 Å². The van der Waals surface area contributed by atoms with Gasteiger partial charge in [0, 0.05) is 6.54 Å². The lowest BCUT2D eigenvalue weighted by Crippen LogP contribution is -2.40. The number of amides is 1. The van der Waals surface area contributed by atoms with Gasteiger partial charge in [-0.2, -0.15) is 0 Å². The summed E-state index contributed by atoms with van der Waals surface area (Å²) in [5, 5.41) is 7.19. The number of piperidine rings is 1. The van der Waals surface area contributed by atoms with Crippen LogP contribution in [0.4, 0.5) is 0 Å². The van der Waals surface area contributed by atoms with E-state index in [1.165, 1.54) is 30.6 Å². The van der Waals surface area contributed by atoms with E-state index in [4.69, 9.17) is 4.74 Å². The third-order valence-corrected chi connectivity index (χ3v) is 7.48. The van der Waals surface area contributed by atoms with E-state index < -0.39 is 0 Å². The van der Waals surface area contributed by atoms with E-state index in [0.29, 0.717) is 16.0 Å². The van der Waals surface area contributed by atoms with Crippen LogP contribution in [0, 0.1) is 24.2 Å². The Kier molecular flexibility index (Phi) is 5.79. The number of nitrogens with one attached hydrogen (secondary N) is 2. The van der Waals surface area contributed by atoms with Crippen molar-refractivity contribution in [1.29, 1.82) is 0 Å². The molecule has 3 aliphatic carbocycles. The van der Waals surface area contributed by atoms with Gasteiger partial charge in [0.25, 0.3) is 11.1 Å². The molecule has 1 aromatic rings. The average Bonchev–Trinajstić information content (AvgIpc) is 2.97. The number of carbonyl (C=O) groups is 1. The number of aryl methyl sites for hydroxylation is 1. The molecule has 2 unspecified atom stereocenters. The van der Waals surface area contributed by atoms with Gasteiger partial charge in [-0.25, -0.2) is 4.98 Å². The van der Waals surface area contributed by atoms with E-state index in [1.54, 1.807) is 5.57 Å². The quantitative estimate of drug-likeness (QED) is 0.727. The molecule has 2 heterocycles. The van der Waals surface area contributed by atoms with Gasteiger partial charge in [-0.05, 0) is 75.8 Å². The predicted molar refractivity (Wildman–Crippen MR) is 113 cm³/mol. The molecule has 1 saturated carbocycles. The smallest absolute Gasteiger partial charge is 0.274 e. The Balaban J connectivity index is 1.36. The predicted octanol–water partition coefficient (Wildman–Crippen LogP) is 4.08. The van der Waals surface area contributed by atoms with Gasteiger partial charge in [0.05, 0.1) is 5.69 Å². The molecule has 2 fully saturated rings. The fraction of sp³-hybridized carbons (Fsp3) is 0.727. The van der Waals surface area contributed by atoms with Gasteiger partial charge in [-0.15, -0.1) is 0 Å². The summed E-state index contributed by atoms with van der Waals surface area (Å²) in [4.78, 5) is 18.1. The zero-order valence-corrected chi connectivity index (χ0v) is 18.2. The number of thiazole rings is 1. The van der Waals surface area contributed by atoms with Crippen LogP contribution in [-0.2, 0) is 0 Å². The number of ether oxygens (including phenoxy) is 1. The molecule has 1 saturated heterocycles. The van der Waals surface area contributed by atoms with Crippen LogP contribution >= 0.6 is 11.3 Å². The van der Waals surface area contributed by atoms with E-state index >= 15 is 0 Å². The lowest BCUT2D eigenvalue weighted by atomic mass is 9.64. The summed E-state index contributed by atoms with van der Waals surface area (Å²) >= 11 is 1.39. The van der Waals surface area contributed by atoms with Crippen molar-refractivity contribution in [3.05, 3.63) is 22.2 Å². The maximum atomic E-state index is 12.9. The van der Waals surface area contributed by atoms with Gasteiger partial charge in [0.15, 0.2) is 0 Å². The van der Waals surface area contributed by atoms with Gasteiger partial charge < -0.3 is 15.4 Å². The van der Waals surface area contributed by atoms with E-state index in [0.717, 1.165) is 50.5 Å². The summed E-state index contributed by atoms with van der Waals surface area (Å²) in [5.74, 6) is 1.39. The van der Waals surface area contributed by atoms with Crippen LogP contribution in [0.5, 0.6) is 5.19 Å². The topological polar surface area (TPSA) is 63.2 Å². The molecule has 6 heteroatoms. The molecule has 5 rings (SSSR count). The molecule has 0 radical (unpaired) electrons. The second-order valence-electron chi connectivity index (χ2n) is 9.44. The first-order valence-corrected chi connectivity index (χ1v) is 11.5. The summed E-state index contributed by atoms with van der Waals surface area (Å²) in [5.41, 5.74) is 2.58. The maximum absolute atomic E-state index is 12.9. The standard InChI is InChI=1S/C22H33N3O2S/c1-14-8-16-9-17(10-16)12-22(3,11-14)13-24-20(26)19-15(2)25-21(28-19)27-18-4-6-23-7-5-18/h8,14,17-18,23H,4-7,9-13H2,1-3H3,(H,24,26). The second-order valence-corrected chi connectivity index (χ2v) is 10.4. The molecule has 0 aromatic carbocycles. The molecule has 154 valence electrons. The van der Waals surface area contributed by atoms with Gasteiger partial charge in [-0.3, -0.25) is 4.79 Å². The van der Waals surface area contributed by atoms with Crippen LogP contribution in [-0.4, -0.2) is 36.6 Å². The zero-order valence-electron chi connectivity index (χ0n) is 17.3. The van der Waals surface area contributed by atoms with Crippen LogP contribution < -0.4 is 15.4 Å². The summed E-state index contributed by atoms with van der Waals surface area (Å²) in [6, 6.07) is 0. The van der Waals surface area contributed by atoms with E-state index in [9.17, 15) is 4.79 Å². The van der Waals surface area contributed by atoms with Crippen molar-refractivity contribution < 1.29 is 9.53 Å². The number of rotatable bonds is 5.